The summed E-state index contributed by atoms with van der Waals surface area (Å²) in [5.74, 6) is -0.246. The molecule has 110 valence electrons. The van der Waals surface area contributed by atoms with Crippen molar-refractivity contribution in [3.63, 3.8) is 0 Å². The average molecular weight is 269 g/mol. The van der Waals surface area contributed by atoms with E-state index >= 15 is 0 Å². The van der Waals surface area contributed by atoms with Crippen molar-refractivity contribution in [1.29, 1.82) is 0 Å². The third-order valence-corrected chi connectivity index (χ3v) is 3.69. The SMILES string of the molecule is CCCC(CN)C(=O)NC(C)C(=O)N1CCCCC1. The van der Waals surface area contributed by atoms with Gasteiger partial charge < -0.3 is 16.0 Å². The highest BCUT2D eigenvalue weighted by Gasteiger charge is 2.25. The van der Waals surface area contributed by atoms with E-state index in [-0.39, 0.29) is 17.7 Å². The molecule has 3 N–H and O–H groups in total. The number of carbonyl (C=O) groups is 2. The highest BCUT2D eigenvalue weighted by atomic mass is 16.2. The van der Waals surface area contributed by atoms with Crippen molar-refractivity contribution in [1.82, 2.24) is 10.2 Å². The molecule has 0 saturated carbocycles. The van der Waals surface area contributed by atoms with Gasteiger partial charge in [-0.25, -0.2) is 0 Å². The highest BCUT2D eigenvalue weighted by Crippen LogP contribution is 2.11. The van der Waals surface area contributed by atoms with Crippen molar-refractivity contribution in [3.05, 3.63) is 0 Å². The van der Waals surface area contributed by atoms with Crippen molar-refractivity contribution in [2.24, 2.45) is 11.7 Å². The number of likely N-dealkylation sites (tertiary alicyclic amines) is 1. The number of hydrogen-bond acceptors (Lipinski definition) is 3. The number of hydrogen-bond donors (Lipinski definition) is 2. The number of rotatable bonds is 6. The van der Waals surface area contributed by atoms with Crippen LogP contribution in [0.1, 0.15) is 46.0 Å². The molecule has 0 aromatic rings. The van der Waals surface area contributed by atoms with Crippen molar-refractivity contribution in [2.45, 2.75) is 52.0 Å². The number of amides is 2. The molecule has 2 amide bonds. The summed E-state index contributed by atoms with van der Waals surface area (Å²) < 4.78 is 0. The van der Waals surface area contributed by atoms with Crippen molar-refractivity contribution < 1.29 is 9.59 Å². The van der Waals surface area contributed by atoms with Gasteiger partial charge in [-0.1, -0.05) is 13.3 Å². The maximum Gasteiger partial charge on any atom is 0.244 e. The first-order chi connectivity index (χ1) is 9.10. The van der Waals surface area contributed by atoms with Crippen LogP contribution in [0.3, 0.4) is 0 Å². The van der Waals surface area contributed by atoms with Crippen LogP contribution in [-0.2, 0) is 9.59 Å². The van der Waals surface area contributed by atoms with Crippen LogP contribution in [-0.4, -0.2) is 42.4 Å². The molecule has 1 heterocycles. The zero-order chi connectivity index (χ0) is 14.3. The number of nitrogens with two attached hydrogens (primary N) is 1. The largest absolute Gasteiger partial charge is 0.344 e. The van der Waals surface area contributed by atoms with Crippen LogP contribution < -0.4 is 11.1 Å². The van der Waals surface area contributed by atoms with Crippen LogP contribution >= 0.6 is 0 Å². The molecule has 1 fully saturated rings. The van der Waals surface area contributed by atoms with Gasteiger partial charge in [-0.05, 0) is 32.6 Å². The summed E-state index contributed by atoms with van der Waals surface area (Å²) in [6.07, 6.45) is 5.01. The van der Waals surface area contributed by atoms with Gasteiger partial charge >= 0.3 is 0 Å². The molecule has 2 unspecified atom stereocenters. The third-order valence-electron chi connectivity index (χ3n) is 3.69. The molecule has 5 heteroatoms. The quantitative estimate of drug-likeness (QED) is 0.751. The molecule has 1 saturated heterocycles. The molecule has 0 bridgehead atoms. The predicted octanol–water partition coefficient (Wildman–Crippen LogP) is 0.879. The van der Waals surface area contributed by atoms with Gasteiger partial charge in [-0.3, -0.25) is 9.59 Å². The molecule has 0 radical (unpaired) electrons. The number of piperidine rings is 1. The highest BCUT2D eigenvalue weighted by molar-refractivity contribution is 5.88. The number of nitrogens with zero attached hydrogens (tertiary/aromatic N) is 1. The Morgan fingerprint density at radius 1 is 1.26 bits per heavy atom. The second kappa shape index (κ2) is 8.15. The molecule has 1 aliphatic rings. The molecule has 1 rings (SSSR count). The van der Waals surface area contributed by atoms with Gasteiger partial charge in [0.25, 0.3) is 0 Å². The fourth-order valence-corrected chi connectivity index (χ4v) is 2.49. The first-order valence-corrected chi connectivity index (χ1v) is 7.39. The maximum absolute atomic E-state index is 12.2. The minimum atomic E-state index is -0.448. The Morgan fingerprint density at radius 2 is 1.89 bits per heavy atom. The molecule has 19 heavy (non-hydrogen) atoms. The van der Waals surface area contributed by atoms with Gasteiger partial charge in [0.2, 0.25) is 11.8 Å². The van der Waals surface area contributed by atoms with Crippen molar-refractivity contribution in [2.75, 3.05) is 19.6 Å². The van der Waals surface area contributed by atoms with Gasteiger partial charge in [0.15, 0.2) is 0 Å². The van der Waals surface area contributed by atoms with E-state index in [1.165, 1.54) is 6.42 Å². The van der Waals surface area contributed by atoms with Crippen LogP contribution in [0.4, 0.5) is 0 Å². The van der Waals surface area contributed by atoms with E-state index < -0.39 is 6.04 Å². The van der Waals surface area contributed by atoms with Crippen LogP contribution in [0, 0.1) is 5.92 Å². The molecule has 0 aliphatic carbocycles. The van der Waals surface area contributed by atoms with Gasteiger partial charge in [0, 0.05) is 19.6 Å². The summed E-state index contributed by atoms with van der Waals surface area (Å²) in [6, 6.07) is -0.448. The van der Waals surface area contributed by atoms with E-state index in [1.54, 1.807) is 6.92 Å². The number of carbonyl (C=O) groups excluding carboxylic acids is 2. The lowest BCUT2D eigenvalue weighted by Crippen LogP contribution is -2.50. The summed E-state index contributed by atoms with van der Waals surface area (Å²) in [5.41, 5.74) is 5.60. The normalized spacial score (nSPS) is 18.8. The minimum absolute atomic E-state index is 0.0281. The van der Waals surface area contributed by atoms with E-state index in [0.29, 0.717) is 6.54 Å². The zero-order valence-electron chi connectivity index (χ0n) is 12.2. The second-order valence-corrected chi connectivity index (χ2v) is 5.34. The molecule has 1 aliphatic heterocycles. The molecule has 0 spiro atoms. The van der Waals surface area contributed by atoms with Crippen LogP contribution in [0.25, 0.3) is 0 Å². The lowest BCUT2D eigenvalue weighted by Gasteiger charge is -2.30. The molecule has 0 aromatic heterocycles. The molecule has 0 aromatic carbocycles. The molecular formula is C14H27N3O2. The van der Waals surface area contributed by atoms with Gasteiger partial charge in [0.1, 0.15) is 6.04 Å². The van der Waals surface area contributed by atoms with E-state index in [4.69, 9.17) is 5.73 Å². The van der Waals surface area contributed by atoms with Gasteiger partial charge in [-0.2, -0.15) is 0 Å². The Morgan fingerprint density at radius 3 is 2.42 bits per heavy atom. The van der Waals surface area contributed by atoms with E-state index in [0.717, 1.165) is 38.8 Å². The zero-order valence-corrected chi connectivity index (χ0v) is 12.2. The maximum atomic E-state index is 12.2. The lowest BCUT2D eigenvalue weighted by atomic mass is 10.0. The lowest BCUT2D eigenvalue weighted by molar-refractivity contribution is -0.137. The smallest absolute Gasteiger partial charge is 0.244 e. The van der Waals surface area contributed by atoms with E-state index in [1.807, 2.05) is 11.8 Å². The van der Waals surface area contributed by atoms with Crippen molar-refractivity contribution in [3.8, 4) is 0 Å². The average Bonchev–Trinajstić information content (AvgIpc) is 2.44. The topological polar surface area (TPSA) is 75.4 Å². The monoisotopic (exact) mass is 269 g/mol. The standard InChI is InChI=1S/C14H27N3O2/c1-3-7-12(10-15)13(18)16-11(2)14(19)17-8-5-4-6-9-17/h11-12H,3-10,15H2,1-2H3,(H,16,18). The Hall–Kier alpha value is -1.10. The summed E-state index contributed by atoms with van der Waals surface area (Å²) >= 11 is 0. The molecule has 5 nitrogen and oxygen atoms in total. The first-order valence-electron chi connectivity index (χ1n) is 7.39. The third kappa shape index (κ3) is 4.82. The minimum Gasteiger partial charge on any atom is -0.344 e. The summed E-state index contributed by atoms with van der Waals surface area (Å²) in [6.45, 7) is 5.75. The van der Waals surface area contributed by atoms with Gasteiger partial charge in [-0.15, -0.1) is 0 Å². The summed E-state index contributed by atoms with van der Waals surface area (Å²) in [5, 5.41) is 2.80. The second-order valence-electron chi connectivity index (χ2n) is 5.34. The predicted molar refractivity (Wildman–Crippen MR) is 75.5 cm³/mol. The van der Waals surface area contributed by atoms with Crippen LogP contribution in [0.5, 0.6) is 0 Å². The molecule has 2 atom stereocenters. The van der Waals surface area contributed by atoms with Crippen LogP contribution in [0.2, 0.25) is 0 Å². The Balaban J connectivity index is 2.45. The van der Waals surface area contributed by atoms with E-state index in [9.17, 15) is 9.59 Å². The Bertz CT molecular complexity index is 301. The fraction of sp³-hybridized carbons (Fsp3) is 0.857. The Kier molecular flexibility index (Phi) is 6.84. The van der Waals surface area contributed by atoms with E-state index in [2.05, 4.69) is 5.32 Å². The van der Waals surface area contributed by atoms with Crippen molar-refractivity contribution >= 4 is 11.8 Å². The van der Waals surface area contributed by atoms with Crippen LogP contribution in [0.15, 0.2) is 0 Å². The fourth-order valence-electron chi connectivity index (χ4n) is 2.49. The van der Waals surface area contributed by atoms with Gasteiger partial charge in [0.05, 0.1) is 5.92 Å². The Labute approximate surface area is 115 Å². The summed E-state index contributed by atoms with van der Waals surface area (Å²) in [7, 11) is 0. The summed E-state index contributed by atoms with van der Waals surface area (Å²) in [4.78, 5) is 26.0. The molecular weight excluding hydrogens is 242 g/mol. The first kappa shape index (κ1) is 16.0. The number of nitrogens with one attached hydrogen (secondary N) is 1.